The number of nitrogens with zero attached hydrogens (tertiary/aromatic N) is 1. The summed E-state index contributed by atoms with van der Waals surface area (Å²) in [5.41, 5.74) is -29.3. The van der Waals surface area contributed by atoms with E-state index in [4.69, 9.17) is 0 Å². The van der Waals surface area contributed by atoms with Crippen molar-refractivity contribution in [3.05, 3.63) is 172 Å². The van der Waals surface area contributed by atoms with Crippen molar-refractivity contribution in [2.45, 2.75) is 56.0 Å². The van der Waals surface area contributed by atoms with Crippen LogP contribution in [-0.2, 0) is 75.0 Å². The number of rotatable bonds is 8. The third kappa shape index (κ3) is 13.8. The Labute approximate surface area is 421 Å². The van der Waals surface area contributed by atoms with Gasteiger partial charge in [0, 0.05) is 23.6 Å². The number of fused-ring (bicyclic) bond motifs is 1. The van der Waals surface area contributed by atoms with Crippen molar-refractivity contribution in [1.82, 2.24) is 0 Å². The number of pyridine rings is 1. The average molecular weight is 1150 g/mol. The van der Waals surface area contributed by atoms with Gasteiger partial charge in [-0.3, -0.25) is 0 Å². The van der Waals surface area contributed by atoms with E-state index in [-0.39, 0.29) is 5.57 Å². The van der Waals surface area contributed by atoms with E-state index in [0.29, 0.717) is 6.54 Å². The van der Waals surface area contributed by atoms with Crippen LogP contribution in [0, 0.1) is 0 Å². The minimum absolute atomic E-state index is 0.111. The summed E-state index contributed by atoms with van der Waals surface area (Å²) in [5.74, 6) is -1.41. The van der Waals surface area contributed by atoms with Crippen molar-refractivity contribution in [3.63, 3.8) is 0 Å². The number of alkyl halides is 24. The second kappa shape index (κ2) is 21.4. The standard InChI is InChI=1S/C32H12BF24.C16H16NO4/c34-25(35,36)13-1-14(26(37,38)39)6-21(5-13)33(22-7-15(27(40,41)42)2-16(8-22)28(43,44)45,23-9-17(29(46,47)48)3-18(10-23)30(49,50)51)24-11-19(31(52,53)54)4-20(12-24)32(55,56)57;1-20-15(18)13(16(19)21-2)9-11-17-10-5-7-12-6-3-4-8-14(12)17/h1-12H;3-10H,11H2,1-2H3/q-1;+1. The Kier molecular flexibility index (Phi) is 16.9. The fraction of sp³-hybridized carbons (Fsp3) is 0.229. The molecule has 0 atom stereocenters. The number of ether oxygens (including phenoxy) is 2. The molecule has 0 aliphatic rings. The Balaban J connectivity index is 0.000000443. The lowest BCUT2D eigenvalue weighted by Gasteiger charge is -2.46. The molecule has 0 spiro atoms. The van der Waals surface area contributed by atoms with E-state index >= 15 is 0 Å². The Morgan fingerprint density at radius 3 is 0.885 bits per heavy atom. The largest absolute Gasteiger partial charge is 0.465 e. The first-order valence-corrected chi connectivity index (χ1v) is 21.0. The minimum Gasteiger partial charge on any atom is -0.465 e. The highest BCUT2D eigenvalue weighted by atomic mass is 19.4. The summed E-state index contributed by atoms with van der Waals surface area (Å²) in [4.78, 5) is 23.2. The molecule has 0 saturated heterocycles. The first kappa shape index (κ1) is 61.4. The predicted octanol–water partition coefficient (Wildman–Crippen LogP) is 12.6. The summed E-state index contributed by atoms with van der Waals surface area (Å²) in [6.45, 7) is 0.362. The molecule has 0 bridgehead atoms. The van der Waals surface area contributed by atoms with Crippen molar-refractivity contribution < 1.29 is 129 Å². The van der Waals surface area contributed by atoms with E-state index in [1.807, 2.05) is 47.2 Å². The van der Waals surface area contributed by atoms with Gasteiger partial charge in [-0.25, -0.2) is 9.59 Å². The molecule has 30 heteroatoms. The van der Waals surface area contributed by atoms with E-state index in [2.05, 4.69) is 9.47 Å². The highest BCUT2D eigenvalue weighted by Crippen LogP contribution is 2.41. The molecule has 0 aliphatic carbocycles. The molecule has 0 aliphatic heterocycles. The highest BCUT2D eigenvalue weighted by molar-refractivity contribution is 7.20. The highest BCUT2D eigenvalue weighted by Gasteiger charge is 2.47. The SMILES string of the molecule is COC(=O)C(=CC[n+]1cccc2ccccc21)C(=O)OC.FC(F)(F)c1cc([B-](c2cc(C(F)(F)F)cc(C(F)(F)F)c2)(c2cc(C(F)(F)F)cc(C(F)(F)F)c2)c2cc(C(F)(F)F)cc(C(F)(F)F)c2)cc(C(F)(F)F)c1. The molecule has 0 fully saturated rings. The Hall–Kier alpha value is -7.43. The maximum atomic E-state index is 14.2. The van der Waals surface area contributed by atoms with Gasteiger partial charge in [-0.1, -0.05) is 60.7 Å². The van der Waals surface area contributed by atoms with Crippen molar-refractivity contribution in [3.8, 4) is 0 Å². The monoisotopic (exact) mass is 1150 g/mol. The molecule has 5 aromatic carbocycles. The van der Waals surface area contributed by atoms with Crippen LogP contribution >= 0.6 is 0 Å². The van der Waals surface area contributed by atoms with Gasteiger partial charge in [-0.2, -0.15) is 132 Å². The van der Waals surface area contributed by atoms with Crippen LogP contribution in [-0.4, -0.2) is 32.3 Å². The van der Waals surface area contributed by atoms with Crippen LogP contribution in [0.1, 0.15) is 44.5 Å². The van der Waals surface area contributed by atoms with Crippen molar-refractivity contribution in [2.24, 2.45) is 0 Å². The Morgan fingerprint density at radius 1 is 0.397 bits per heavy atom. The quantitative estimate of drug-likeness (QED) is 0.0290. The average Bonchev–Trinajstić information content (AvgIpc) is 3.31. The number of allylic oxidation sites excluding steroid dienone is 1. The number of esters is 2. The molecule has 0 radical (unpaired) electrons. The van der Waals surface area contributed by atoms with Gasteiger partial charge in [0.25, 0.3) is 0 Å². The summed E-state index contributed by atoms with van der Waals surface area (Å²) < 4.78 is 352. The molecule has 0 unspecified atom stereocenters. The molecule has 6 rings (SSSR count). The summed E-state index contributed by atoms with van der Waals surface area (Å²) >= 11 is 0. The first-order valence-electron chi connectivity index (χ1n) is 21.0. The maximum Gasteiger partial charge on any atom is 0.416 e. The van der Waals surface area contributed by atoms with Crippen LogP contribution in [0.2, 0.25) is 0 Å². The topological polar surface area (TPSA) is 56.5 Å². The number of methoxy groups -OCH3 is 2. The summed E-state index contributed by atoms with van der Waals surface area (Å²) in [5, 5.41) is 1.08. The van der Waals surface area contributed by atoms with Crippen molar-refractivity contribution in [1.29, 1.82) is 0 Å². The smallest absolute Gasteiger partial charge is 0.416 e. The molecule has 0 amide bonds. The predicted molar refractivity (Wildman–Crippen MR) is 226 cm³/mol. The lowest BCUT2D eigenvalue weighted by atomic mass is 9.12. The second-order valence-electron chi connectivity index (χ2n) is 16.5. The zero-order chi connectivity index (χ0) is 59.2. The Morgan fingerprint density at radius 2 is 0.641 bits per heavy atom. The molecule has 1 heterocycles. The van der Waals surface area contributed by atoms with Crippen LogP contribution < -0.4 is 26.4 Å². The van der Waals surface area contributed by atoms with E-state index < -0.39 is 207 Å². The zero-order valence-electron chi connectivity index (χ0n) is 38.5. The molecule has 0 saturated carbocycles. The van der Waals surface area contributed by atoms with Gasteiger partial charge >= 0.3 is 61.3 Å². The summed E-state index contributed by atoms with van der Waals surface area (Å²) in [6, 6.07) is 2.95. The van der Waals surface area contributed by atoms with Gasteiger partial charge < -0.3 is 9.47 Å². The molecule has 1 aromatic heterocycles. The number of aromatic nitrogens is 1. The number of hydrogen-bond acceptors (Lipinski definition) is 4. The molecule has 420 valence electrons. The molecule has 6 aromatic rings. The number of hydrogen-bond donors (Lipinski definition) is 0. The molecule has 0 N–H and O–H groups in total. The number of carbonyl (C=O) groups is 2. The van der Waals surface area contributed by atoms with Crippen LogP contribution in [0.3, 0.4) is 0 Å². The normalized spacial score (nSPS) is 13.2. The van der Waals surface area contributed by atoms with Gasteiger partial charge in [0.05, 0.1) is 58.7 Å². The van der Waals surface area contributed by atoms with Gasteiger partial charge in [0.15, 0.2) is 12.7 Å². The zero-order valence-corrected chi connectivity index (χ0v) is 38.5. The number of halogens is 24. The van der Waals surface area contributed by atoms with Crippen LogP contribution in [0.15, 0.2) is 127 Å². The third-order valence-corrected chi connectivity index (χ3v) is 11.5. The lowest BCUT2D eigenvalue weighted by Crippen LogP contribution is -2.75. The van der Waals surface area contributed by atoms with Gasteiger partial charge in [-0.05, 0) is 36.4 Å². The first-order chi connectivity index (χ1) is 35.4. The number of benzene rings is 5. The fourth-order valence-electron chi connectivity index (χ4n) is 8.11. The maximum absolute atomic E-state index is 14.2. The Bertz CT molecular complexity index is 2770. The second-order valence-corrected chi connectivity index (χ2v) is 16.5. The van der Waals surface area contributed by atoms with Gasteiger partial charge in [0.1, 0.15) is 11.7 Å². The molecule has 78 heavy (non-hydrogen) atoms. The van der Waals surface area contributed by atoms with Crippen LogP contribution in [0.5, 0.6) is 0 Å². The number of carbonyl (C=O) groups excluding carboxylic acids is 2. The van der Waals surface area contributed by atoms with Crippen LogP contribution in [0.4, 0.5) is 105 Å². The van der Waals surface area contributed by atoms with E-state index in [1.54, 1.807) is 0 Å². The summed E-state index contributed by atoms with van der Waals surface area (Å²) in [7, 11) is 2.45. The van der Waals surface area contributed by atoms with E-state index in [9.17, 15) is 115 Å². The molecular formula is C48H28BF24NO4. The van der Waals surface area contributed by atoms with Gasteiger partial charge in [-0.15, -0.1) is 0 Å². The number of para-hydroxylation sites is 1. The van der Waals surface area contributed by atoms with E-state index in [0.717, 1.165) is 10.9 Å². The van der Waals surface area contributed by atoms with Crippen molar-refractivity contribution in [2.75, 3.05) is 14.2 Å². The van der Waals surface area contributed by atoms with Crippen LogP contribution in [0.25, 0.3) is 10.9 Å². The lowest BCUT2D eigenvalue weighted by molar-refractivity contribution is -0.661. The van der Waals surface area contributed by atoms with Crippen molar-refractivity contribution >= 4 is 50.8 Å². The molecular weight excluding hydrogens is 1120 g/mol. The third-order valence-electron chi connectivity index (χ3n) is 11.5. The molecule has 5 nitrogen and oxygen atoms in total. The summed E-state index contributed by atoms with van der Waals surface area (Å²) in [6.07, 6.45) is -51.4. The van der Waals surface area contributed by atoms with E-state index in [1.165, 1.54) is 20.3 Å². The van der Waals surface area contributed by atoms with Gasteiger partial charge in [0.2, 0.25) is 5.52 Å². The fourth-order valence-corrected chi connectivity index (χ4v) is 8.11. The minimum atomic E-state index is -6.13.